The summed E-state index contributed by atoms with van der Waals surface area (Å²) in [6.07, 6.45) is 0.701. The third kappa shape index (κ3) is 3.29. The van der Waals surface area contributed by atoms with E-state index in [2.05, 4.69) is 15.5 Å². The summed E-state index contributed by atoms with van der Waals surface area (Å²) < 4.78 is 1.43. The number of thioether (sulfide) groups is 1. The Morgan fingerprint density at radius 3 is 2.78 bits per heavy atom. The maximum Gasteiger partial charge on any atom is 0.234 e. The number of nitrogens with one attached hydrogen (secondary N) is 1. The fraction of sp³-hybridized carbons (Fsp3) is 0.188. The Bertz CT molecular complexity index is 840. The molecule has 0 unspecified atom stereocenters. The molecule has 0 saturated carbocycles. The molecule has 0 aliphatic heterocycles. The van der Waals surface area contributed by atoms with E-state index in [1.165, 1.54) is 16.4 Å². The van der Waals surface area contributed by atoms with Crippen molar-refractivity contribution in [1.82, 2.24) is 14.9 Å². The van der Waals surface area contributed by atoms with E-state index in [4.69, 9.17) is 5.84 Å². The van der Waals surface area contributed by atoms with Crippen LogP contribution in [0.15, 0.2) is 47.6 Å². The largest absolute Gasteiger partial charge is 0.336 e. The number of amides is 1. The van der Waals surface area contributed by atoms with Gasteiger partial charge in [0.25, 0.3) is 0 Å². The zero-order chi connectivity index (χ0) is 16.2. The summed E-state index contributed by atoms with van der Waals surface area (Å²) in [7, 11) is 0. The molecular formula is C16H17N5OS. The summed E-state index contributed by atoms with van der Waals surface area (Å²) >= 11 is 1.27. The summed E-state index contributed by atoms with van der Waals surface area (Å²) in [4.78, 5) is 12.2. The first-order chi connectivity index (χ1) is 11.2. The number of hydrogen-bond acceptors (Lipinski definition) is 5. The average Bonchev–Trinajstić information content (AvgIpc) is 2.93. The van der Waals surface area contributed by atoms with Crippen LogP contribution in [0.25, 0.3) is 10.8 Å². The molecule has 1 amide bonds. The molecule has 0 aliphatic carbocycles. The van der Waals surface area contributed by atoms with Gasteiger partial charge in [0, 0.05) is 17.5 Å². The van der Waals surface area contributed by atoms with Gasteiger partial charge in [-0.1, -0.05) is 55.1 Å². The van der Waals surface area contributed by atoms with E-state index in [0.717, 1.165) is 16.5 Å². The lowest BCUT2D eigenvalue weighted by atomic mass is 10.1. The highest BCUT2D eigenvalue weighted by Crippen LogP contribution is 2.23. The lowest BCUT2D eigenvalue weighted by Gasteiger charge is -2.08. The molecule has 0 fully saturated rings. The van der Waals surface area contributed by atoms with Crippen molar-refractivity contribution >= 4 is 34.1 Å². The van der Waals surface area contributed by atoms with Crippen molar-refractivity contribution in [2.75, 3.05) is 16.9 Å². The zero-order valence-corrected chi connectivity index (χ0v) is 13.5. The van der Waals surface area contributed by atoms with E-state index in [1.54, 1.807) is 0 Å². The van der Waals surface area contributed by atoms with Gasteiger partial charge in [0.05, 0.1) is 5.75 Å². The molecule has 7 heteroatoms. The van der Waals surface area contributed by atoms with Crippen molar-refractivity contribution in [2.45, 2.75) is 18.5 Å². The number of anilines is 1. The molecule has 3 aromatic rings. The van der Waals surface area contributed by atoms with Crippen molar-refractivity contribution in [3.8, 4) is 0 Å². The molecule has 0 bridgehead atoms. The minimum absolute atomic E-state index is 0.104. The zero-order valence-electron chi connectivity index (χ0n) is 12.7. The van der Waals surface area contributed by atoms with Gasteiger partial charge in [0.15, 0.2) is 5.82 Å². The van der Waals surface area contributed by atoms with Gasteiger partial charge in [-0.2, -0.15) is 0 Å². The van der Waals surface area contributed by atoms with E-state index in [-0.39, 0.29) is 11.7 Å². The van der Waals surface area contributed by atoms with Gasteiger partial charge in [-0.25, -0.2) is 4.68 Å². The van der Waals surface area contributed by atoms with Gasteiger partial charge < -0.3 is 11.2 Å². The standard InChI is InChI=1S/C16H17N5OS/c1-2-14-19-20-16(21(14)17)23-10-15(22)18-13-9-5-7-11-6-3-4-8-12(11)13/h3-9H,2,10,17H2,1H3,(H,18,22). The fourth-order valence-electron chi connectivity index (χ4n) is 2.30. The smallest absolute Gasteiger partial charge is 0.234 e. The van der Waals surface area contributed by atoms with Crippen LogP contribution < -0.4 is 11.2 Å². The number of nitrogen functional groups attached to an aromatic ring is 1. The van der Waals surface area contributed by atoms with Crippen LogP contribution in [0.2, 0.25) is 0 Å². The third-order valence-electron chi connectivity index (χ3n) is 3.45. The first kappa shape index (κ1) is 15.4. The summed E-state index contributed by atoms with van der Waals surface area (Å²) in [6.45, 7) is 1.95. The van der Waals surface area contributed by atoms with E-state index >= 15 is 0 Å². The Kier molecular flexibility index (Phi) is 4.47. The number of benzene rings is 2. The molecule has 118 valence electrons. The molecule has 3 rings (SSSR count). The van der Waals surface area contributed by atoms with Crippen LogP contribution in [0, 0.1) is 0 Å². The summed E-state index contributed by atoms with van der Waals surface area (Å²) in [5, 5.41) is 13.5. The monoisotopic (exact) mass is 327 g/mol. The highest BCUT2D eigenvalue weighted by Gasteiger charge is 2.12. The van der Waals surface area contributed by atoms with Crippen LogP contribution in [-0.4, -0.2) is 26.5 Å². The molecule has 6 nitrogen and oxygen atoms in total. The Morgan fingerprint density at radius 2 is 2.00 bits per heavy atom. The molecule has 23 heavy (non-hydrogen) atoms. The van der Waals surface area contributed by atoms with Gasteiger partial charge in [-0.15, -0.1) is 10.2 Å². The SMILES string of the molecule is CCc1nnc(SCC(=O)Nc2cccc3ccccc23)n1N. The first-order valence-corrected chi connectivity index (χ1v) is 8.27. The number of rotatable bonds is 5. The number of fused-ring (bicyclic) bond motifs is 1. The first-order valence-electron chi connectivity index (χ1n) is 7.29. The molecule has 1 heterocycles. The van der Waals surface area contributed by atoms with Crippen LogP contribution in [-0.2, 0) is 11.2 Å². The number of nitrogens with two attached hydrogens (primary N) is 1. The van der Waals surface area contributed by atoms with Crippen molar-refractivity contribution in [2.24, 2.45) is 0 Å². The second kappa shape index (κ2) is 6.70. The quantitative estimate of drug-likeness (QED) is 0.555. The second-order valence-electron chi connectivity index (χ2n) is 4.99. The van der Waals surface area contributed by atoms with Gasteiger partial charge in [0.1, 0.15) is 0 Å². The maximum atomic E-state index is 12.2. The van der Waals surface area contributed by atoms with Crippen LogP contribution in [0.5, 0.6) is 0 Å². The molecule has 3 N–H and O–H groups in total. The average molecular weight is 327 g/mol. The molecule has 0 radical (unpaired) electrons. The maximum absolute atomic E-state index is 12.2. The van der Waals surface area contributed by atoms with Crippen LogP contribution in [0.4, 0.5) is 5.69 Å². The Balaban J connectivity index is 1.68. The van der Waals surface area contributed by atoms with Gasteiger partial charge >= 0.3 is 0 Å². The Hall–Kier alpha value is -2.54. The normalized spacial score (nSPS) is 10.8. The highest BCUT2D eigenvalue weighted by atomic mass is 32.2. The Labute approximate surface area is 138 Å². The van der Waals surface area contributed by atoms with E-state index < -0.39 is 0 Å². The lowest BCUT2D eigenvalue weighted by molar-refractivity contribution is -0.113. The molecule has 1 aromatic heterocycles. The number of hydrogen-bond donors (Lipinski definition) is 2. The van der Waals surface area contributed by atoms with Gasteiger partial charge in [-0.05, 0) is 11.5 Å². The number of aryl methyl sites for hydroxylation is 1. The van der Waals surface area contributed by atoms with Crippen molar-refractivity contribution in [3.05, 3.63) is 48.3 Å². The van der Waals surface area contributed by atoms with E-state index in [0.29, 0.717) is 17.4 Å². The number of carbonyl (C=O) groups excluding carboxylic acids is 1. The van der Waals surface area contributed by atoms with Crippen molar-refractivity contribution < 1.29 is 4.79 Å². The fourth-order valence-corrected chi connectivity index (χ4v) is 2.97. The van der Waals surface area contributed by atoms with Crippen molar-refractivity contribution in [1.29, 1.82) is 0 Å². The molecular weight excluding hydrogens is 310 g/mol. The predicted octanol–water partition coefficient (Wildman–Crippen LogP) is 2.44. The third-order valence-corrected chi connectivity index (χ3v) is 4.39. The minimum atomic E-state index is -0.104. The molecule has 0 aliphatic rings. The lowest BCUT2D eigenvalue weighted by Crippen LogP contribution is -2.17. The number of carbonyl (C=O) groups is 1. The summed E-state index contributed by atoms with van der Waals surface area (Å²) in [5.74, 6) is 6.68. The second-order valence-corrected chi connectivity index (χ2v) is 5.93. The van der Waals surface area contributed by atoms with Gasteiger partial charge in [0.2, 0.25) is 11.1 Å². The minimum Gasteiger partial charge on any atom is -0.336 e. The van der Waals surface area contributed by atoms with Crippen molar-refractivity contribution in [3.63, 3.8) is 0 Å². The summed E-state index contributed by atoms with van der Waals surface area (Å²) in [6, 6.07) is 13.8. The highest BCUT2D eigenvalue weighted by molar-refractivity contribution is 7.99. The van der Waals surface area contributed by atoms with Crippen LogP contribution >= 0.6 is 11.8 Å². The van der Waals surface area contributed by atoms with E-state index in [9.17, 15) is 4.79 Å². The van der Waals surface area contributed by atoms with Gasteiger partial charge in [-0.3, -0.25) is 4.79 Å². The topological polar surface area (TPSA) is 85.8 Å². The molecule has 0 spiro atoms. The van der Waals surface area contributed by atoms with Crippen LogP contribution in [0.3, 0.4) is 0 Å². The molecule has 0 atom stereocenters. The number of nitrogens with zero attached hydrogens (tertiary/aromatic N) is 3. The van der Waals surface area contributed by atoms with Crippen LogP contribution in [0.1, 0.15) is 12.7 Å². The predicted molar refractivity (Wildman–Crippen MR) is 92.9 cm³/mol. The molecule has 0 saturated heterocycles. The summed E-state index contributed by atoms with van der Waals surface area (Å²) in [5.41, 5.74) is 0.803. The number of aromatic nitrogens is 3. The van der Waals surface area contributed by atoms with E-state index in [1.807, 2.05) is 49.4 Å². The molecule has 2 aromatic carbocycles. The Morgan fingerprint density at radius 1 is 1.22 bits per heavy atom.